The highest BCUT2D eigenvalue weighted by atomic mass is 79.9. The molecule has 0 heterocycles. The molecule has 0 aromatic heterocycles. The van der Waals surface area contributed by atoms with Gasteiger partial charge in [-0.2, -0.15) is 0 Å². The van der Waals surface area contributed by atoms with Crippen LogP contribution in [0.25, 0.3) is 0 Å². The van der Waals surface area contributed by atoms with Crippen LogP contribution in [0, 0.1) is 5.82 Å². The van der Waals surface area contributed by atoms with Crippen molar-refractivity contribution in [3.05, 3.63) is 63.9 Å². The van der Waals surface area contributed by atoms with E-state index in [2.05, 4.69) is 15.9 Å². The van der Waals surface area contributed by atoms with Gasteiger partial charge in [-0.05, 0) is 49.2 Å². The molecule has 0 saturated heterocycles. The van der Waals surface area contributed by atoms with Crippen LogP contribution < -0.4 is 4.74 Å². The van der Waals surface area contributed by atoms with Crippen molar-refractivity contribution in [2.45, 2.75) is 26.4 Å². The van der Waals surface area contributed by atoms with E-state index in [4.69, 9.17) is 9.47 Å². The second kappa shape index (κ2) is 8.67. The van der Waals surface area contributed by atoms with Gasteiger partial charge in [0.1, 0.15) is 18.2 Å². The molecule has 0 aliphatic heterocycles. The fourth-order valence-electron chi connectivity index (χ4n) is 2.05. The SMILES string of the molecule is CCOC(=O)CCc1ccc(OCc2cc(F)ccc2Br)cc1. The van der Waals surface area contributed by atoms with Crippen molar-refractivity contribution in [2.24, 2.45) is 0 Å². The molecule has 0 radical (unpaired) electrons. The molecule has 0 unspecified atom stereocenters. The Morgan fingerprint density at radius 1 is 1.17 bits per heavy atom. The number of esters is 1. The number of halogens is 2. The molecule has 0 atom stereocenters. The summed E-state index contributed by atoms with van der Waals surface area (Å²) in [5, 5.41) is 0. The summed E-state index contributed by atoms with van der Waals surface area (Å²) in [6.45, 7) is 2.47. The molecule has 122 valence electrons. The number of rotatable bonds is 7. The molecule has 0 fully saturated rings. The molecular weight excluding hydrogens is 363 g/mol. The molecular formula is C18H18BrFO3. The Balaban J connectivity index is 1.87. The molecule has 0 amide bonds. The number of carbonyl (C=O) groups is 1. The topological polar surface area (TPSA) is 35.5 Å². The van der Waals surface area contributed by atoms with Crippen LogP contribution >= 0.6 is 15.9 Å². The second-order valence-corrected chi connectivity index (χ2v) is 5.83. The van der Waals surface area contributed by atoms with E-state index in [-0.39, 0.29) is 18.4 Å². The molecule has 0 saturated carbocycles. The van der Waals surface area contributed by atoms with Crippen molar-refractivity contribution in [3.63, 3.8) is 0 Å². The molecule has 0 aliphatic rings. The second-order valence-electron chi connectivity index (χ2n) is 4.97. The molecule has 5 heteroatoms. The third-order valence-corrected chi connectivity index (χ3v) is 4.02. The zero-order valence-electron chi connectivity index (χ0n) is 12.9. The minimum absolute atomic E-state index is 0.191. The first-order valence-electron chi connectivity index (χ1n) is 7.39. The molecule has 2 aromatic carbocycles. The fraction of sp³-hybridized carbons (Fsp3) is 0.278. The highest BCUT2D eigenvalue weighted by Gasteiger charge is 2.05. The summed E-state index contributed by atoms with van der Waals surface area (Å²) in [7, 11) is 0. The van der Waals surface area contributed by atoms with E-state index in [0.29, 0.717) is 25.2 Å². The first-order valence-corrected chi connectivity index (χ1v) is 8.19. The number of hydrogen-bond acceptors (Lipinski definition) is 3. The Morgan fingerprint density at radius 3 is 2.61 bits per heavy atom. The highest BCUT2D eigenvalue weighted by molar-refractivity contribution is 9.10. The normalized spacial score (nSPS) is 10.4. The van der Waals surface area contributed by atoms with Gasteiger partial charge in [0.25, 0.3) is 0 Å². The van der Waals surface area contributed by atoms with E-state index < -0.39 is 0 Å². The molecule has 2 aromatic rings. The summed E-state index contributed by atoms with van der Waals surface area (Å²) >= 11 is 3.37. The Morgan fingerprint density at radius 2 is 1.91 bits per heavy atom. The van der Waals surface area contributed by atoms with Gasteiger partial charge >= 0.3 is 5.97 Å². The molecule has 3 nitrogen and oxygen atoms in total. The van der Waals surface area contributed by atoms with Crippen molar-refractivity contribution >= 4 is 21.9 Å². The van der Waals surface area contributed by atoms with Gasteiger partial charge in [-0.1, -0.05) is 28.1 Å². The Kier molecular flexibility index (Phi) is 6.59. The van der Waals surface area contributed by atoms with Gasteiger partial charge in [0.2, 0.25) is 0 Å². The smallest absolute Gasteiger partial charge is 0.306 e. The van der Waals surface area contributed by atoms with E-state index in [1.165, 1.54) is 12.1 Å². The van der Waals surface area contributed by atoms with Gasteiger partial charge < -0.3 is 9.47 Å². The zero-order valence-corrected chi connectivity index (χ0v) is 14.4. The first kappa shape index (κ1) is 17.5. The largest absolute Gasteiger partial charge is 0.489 e. The Bertz CT molecular complexity index is 656. The van der Waals surface area contributed by atoms with Gasteiger partial charge in [0.15, 0.2) is 0 Å². The number of benzene rings is 2. The van der Waals surface area contributed by atoms with Gasteiger partial charge in [-0.3, -0.25) is 4.79 Å². The van der Waals surface area contributed by atoms with Crippen LogP contribution in [0.4, 0.5) is 4.39 Å². The predicted molar refractivity (Wildman–Crippen MR) is 89.8 cm³/mol. The van der Waals surface area contributed by atoms with Gasteiger partial charge in [-0.25, -0.2) is 4.39 Å². The van der Waals surface area contributed by atoms with E-state index in [1.807, 2.05) is 24.3 Å². The maximum atomic E-state index is 13.2. The predicted octanol–water partition coefficient (Wildman–Crippen LogP) is 4.66. The summed E-state index contributed by atoms with van der Waals surface area (Å²) < 4.78 is 24.6. The average molecular weight is 381 g/mol. The Hall–Kier alpha value is -1.88. The summed E-state index contributed by atoms with van der Waals surface area (Å²) in [5.41, 5.74) is 1.79. The minimum atomic E-state index is -0.291. The number of hydrogen-bond donors (Lipinski definition) is 0. The lowest BCUT2D eigenvalue weighted by Crippen LogP contribution is -2.05. The number of aryl methyl sites for hydroxylation is 1. The highest BCUT2D eigenvalue weighted by Crippen LogP contribution is 2.21. The van der Waals surface area contributed by atoms with Crippen molar-refractivity contribution in [1.29, 1.82) is 0 Å². The van der Waals surface area contributed by atoms with Crippen LogP contribution in [-0.4, -0.2) is 12.6 Å². The van der Waals surface area contributed by atoms with Crippen molar-refractivity contribution in [3.8, 4) is 5.75 Å². The summed E-state index contributed by atoms with van der Waals surface area (Å²) in [5.74, 6) is 0.214. The lowest BCUT2D eigenvalue weighted by Gasteiger charge is -2.09. The van der Waals surface area contributed by atoms with Crippen LogP contribution in [0.5, 0.6) is 5.75 Å². The minimum Gasteiger partial charge on any atom is -0.489 e. The standard InChI is InChI=1S/C18H18BrFO3/c1-2-22-18(21)10-5-13-3-7-16(8-4-13)23-12-14-11-15(20)6-9-17(14)19/h3-4,6-9,11H,2,5,10,12H2,1H3. The van der Waals surface area contributed by atoms with Crippen molar-refractivity contribution < 1.29 is 18.7 Å². The molecule has 0 bridgehead atoms. The Labute approximate surface area is 143 Å². The lowest BCUT2D eigenvalue weighted by molar-refractivity contribution is -0.143. The third-order valence-electron chi connectivity index (χ3n) is 3.25. The molecule has 0 spiro atoms. The summed E-state index contributed by atoms with van der Waals surface area (Å²) in [6, 6.07) is 12.0. The van der Waals surface area contributed by atoms with Gasteiger partial charge in [0.05, 0.1) is 6.61 Å². The fourth-order valence-corrected chi connectivity index (χ4v) is 2.41. The summed E-state index contributed by atoms with van der Waals surface area (Å²) in [6.07, 6.45) is 0.999. The quantitative estimate of drug-likeness (QED) is 0.655. The monoisotopic (exact) mass is 380 g/mol. The lowest BCUT2D eigenvalue weighted by atomic mass is 10.1. The number of carbonyl (C=O) groups excluding carboxylic acids is 1. The van der Waals surface area contributed by atoms with E-state index >= 15 is 0 Å². The molecule has 23 heavy (non-hydrogen) atoms. The zero-order chi connectivity index (χ0) is 16.7. The van der Waals surface area contributed by atoms with Crippen LogP contribution in [0.2, 0.25) is 0 Å². The van der Waals surface area contributed by atoms with Crippen LogP contribution in [0.15, 0.2) is 46.9 Å². The van der Waals surface area contributed by atoms with Crippen molar-refractivity contribution in [2.75, 3.05) is 6.61 Å². The van der Waals surface area contributed by atoms with Crippen LogP contribution in [0.1, 0.15) is 24.5 Å². The first-order chi connectivity index (χ1) is 11.1. The summed E-state index contributed by atoms with van der Waals surface area (Å²) in [4.78, 5) is 11.3. The average Bonchev–Trinajstić information content (AvgIpc) is 2.55. The molecule has 2 rings (SSSR count). The maximum absolute atomic E-state index is 13.2. The van der Waals surface area contributed by atoms with E-state index in [9.17, 15) is 9.18 Å². The van der Waals surface area contributed by atoms with Crippen LogP contribution in [0.3, 0.4) is 0 Å². The van der Waals surface area contributed by atoms with E-state index in [1.54, 1.807) is 13.0 Å². The van der Waals surface area contributed by atoms with Crippen molar-refractivity contribution in [1.82, 2.24) is 0 Å². The third kappa shape index (κ3) is 5.67. The van der Waals surface area contributed by atoms with E-state index in [0.717, 1.165) is 15.6 Å². The van der Waals surface area contributed by atoms with Crippen LogP contribution in [-0.2, 0) is 22.6 Å². The van der Waals surface area contributed by atoms with Gasteiger partial charge in [0, 0.05) is 16.5 Å². The molecule has 0 aliphatic carbocycles. The molecule has 0 N–H and O–H groups in total. The van der Waals surface area contributed by atoms with Gasteiger partial charge in [-0.15, -0.1) is 0 Å². The number of ether oxygens (including phenoxy) is 2. The maximum Gasteiger partial charge on any atom is 0.306 e.